The number of methoxy groups -OCH3 is 1. The molecule has 1 saturated heterocycles. The van der Waals surface area contributed by atoms with E-state index in [1.54, 1.807) is 7.11 Å². The Balaban J connectivity index is 1.86. The standard InChI is InChI=1S/C17H27N3O2/c1-17(2,3)18-16(21)20-11-9-19(10-12-20)13-14-7-5-6-8-15(14)22-4/h5-8H,9-13H2,1-4H3,(H,18,21). The van der Waals surface area contributed by atoms with Crippen LogP contribution >= 0.6 is 0 Å². The highest BCUT2D eigenvalue weighted by Gasteiger charge is 2.24. The highest BCUT2D eigenvalue weighted by Crippen LogP contribution is 2.20. The molecule has 1 aromatic rings. The summed E-state index contributed by atoms with van der Waals surface area (Å²) in [7, 11) is 1.70. The fourth-order valence-electron chi connectivity index (χ4n) is 2.58. The molecule has 0 aromatic heterocycles. The maximum absolute atomic E-state index is 12.2. The Morgan fingerprint density at radius 3 is 2.41 bits per heavy atom. The van der Waals surface area contributed by atoms with Gasteiger partial charge in [-0.2, -0.15) is 0 Å². The molecule has 0 aliphatic carbocycles. The van der Waals surface area contributed by atoms with E-state index in [1.807, 2.05) is 43.9 Å². The van der Waals surface area contributed by atoms with Crippen molar-refractivity contribution in [1.82, 2.24) is 15.1 Å². The third-order valence-electron chi connectivity index (χ3n) is 3.73. The summed E-state index contributed by atoms with van der Waals surface area (Å²) in [5.74, 6) is 0.926. The molecule has 0 radical (unpaired) electrons. The van der Waals surface area contributed by atoms with E-state index in [2.05, 4.69) is 16.3 Å². The molecule has 0 atom stereocenters. The van der Waals surface area contributed by atoms with Crippen LogP contribution in [0.2, 0.25) is 0 Å². The topological polar surface area (TPSA) is 44.8 Å². The van der Waals surface area contributed by atoms with E-state index < -0.39 is 0 Å². The van der Waals surface area contributed by atoms with Gasteiger partial charge in [0.25, 0.3) is 0 Å². The zero-order valence-corrected chi connectivity index (χ0v) is 14.1. The van der Waals surface area contributed by atoms with Crippen molar-refractivity contribution in [2.75, 3.05) is 33.3 Å². The quantitative estimate of drug-likeness (QED) is 0.932. The Bertz CT molecular complexity index is 503. The van der Waals surface area contributed by atoms with Gasteiger partial charge in [-0.25, -0.2) is 4.79 Å². The number of hydrogen-bond acceptors (Lipinski definition) is 3. The first-order valence-electron chi connectivity index (χ1n) is 7.80. The van der Waals surface area contributed by atoms with Crippen molar-refractivity contribution in [3.05, 3.63) is 29.8 Å². The minimum absolute atomic E-state index is 0.0319. The summed E-state index contributed by atoms with van der Waals surface area (Å²) >= 11 is 0. The van der Waals surface area contributed by atoms with Crippen LogP contribution < -0.4 is 10.1 Å². The van der Waals surface area contributed by atoms with Gasteiger partial charge in [-0.1, -0.05) is 18.2 Å². The number of nitrogens with one attached hydrogen (secondary N) is 1. The molecule has 5 nitrogen and oxygen atoms in total. The molecule has 0 saturated carbocycles. The van der Waals surface area contributed by atoms with Crippen LogP contribution in [0.4, 0.5) is 4.79 Å². The first-order valence-corrected chi connectivity index (χ1v) is 7.80. The van der Waals surface area contributed by atoms with Gasteiger partial charge in [-0.05, 0) is 26.8 Å². The lowest BCUT2D eigenvalue weighted by atomic mass is 10.1. The predicted octanol–water partition coefficient (Wildman–Crippen LogP) is 2.32. The Morgan fingerprint density at radius 1 is 1.18 bits per heavy atom. The second-order valence-corrected chi connectivity index (χ2v) is 6.76. The van der Waals surface area contributed by atoms with E-state index in [0.29, 0.717) is 0 Å². The van der Waals surface area contributed by atoms with Gasteiger partial charge in [0, 0.05) is 43.8 Å². The van der Waals surface area contributed by atoms with Crippen LogP contribution in [0.25, 0.3) is 0 Å². The van der Waals surface area contributed by atoms with Crippen molar-refractivity contribution in [3.63, 3.8) is 0 Å². The van der Waals surface area contributed by atoms with Crippen molar-refractivity contribution in [3.8, 4) is 5.75 Å². The Morgan fingerprint density at radius 2 is 1.82 bits per heavy atom. The number of carbonyl (C=O) groups is 1. The van der Waals surface area contributed by atoms with E-state index >= 15 is 0 Å². The van der Waals surface area contributed by atoms with Crippen molar-refractivity contribution >= 4 is 6.03 Å². The first-order chi connectivity index (χ1) is 10.4. The molecule has 0 unspecified atom stereocenters. The van der Waals surface area contributed by atoms with Gasteiger partial charge in [0.05, 0.1) is 7.11 Å². The minimum Gasteiger partial charge on any atom is -0.496 e. The number of hydrogen-bond donors (Lipinski definition) is 1. The molecule has 2 rings (SSSR count). The summed E-state index contributed by atoms with van der Waals surface area (Å²) in [6, 6.07) is 8.13. The van der Waals surface area contributed by atoms with Gasteiger partial charge >= 0.3 is 6.03 Å². The summed E-state index contributed by atoms with van der Waals surface area (Å²) in [6.45, 7) is 10.2. The van der Waals surface area contributed by atoms with Crippen LogP contribution in [0, 0.1) is 0 Å². The van der Waals surface area contributed by atoms with Crippen LogP contribution in [-0.2, 0) is 6.54 Å². The number of urea groups is 1. The number of para-hydroxylation sites is 1. The molecule has 1 aliphatic heterocycles. The molecular weight excluding hydrogens is 278 g/mol. The van der Waals surface area contributed by atoms with Crippen LogP contribution in [0.1, 0.15) is 26.3 Å². The van der Waals surface area contributed by atoms with Crippen LogP contribution in [-0.4, -0.2) is 54.7 Å². The van der Waals surface area contributed by atoms with Gasteiger partial charge in [0.1, 0.15) is 5.75 Å². The second-order valence-electron chi connectivity index (χ2n) is 6.76. The summed E-state index contributed by atoms with van der Waals surface area (Å²) < 4.78 is 5.40. The molecule has 122 valence electrons. The zero-order chi connectivity index (χ0) is 16.2. The molecule has 1 N–H and O–H groups in total. The number of rotatable bonds is 3. The molecule has 1 aliphatic rings. The van der Waals surface area contributed by atoms with Gasteiger partial charge in [0.15, 0.2) is 0 Å². The normalized spacial score (nSPS) is 16.5. The number of nitrogens with zero attached hydrogens (tertiary/aromatic N) is 2. The molecule has 0 spiro atoms. The van der Waals surface area contributed by atoms with Gasteiger partial charge in [0.2, 0.25) is 0 Å². The summed E-state index contributed by atoms with van der Waals surface area (Å²) in [5, 5.41) is 3.02. The minimum atomic E-state index is -0.189. The largest absolute Gasteiger partial charge is 0.496 e. The van der Waals surface area contributed by atoms with Gasteiger partial charge < -0.3 is 15.0 Å². The lowest BCUT2D eigenvalue weighted by Gasteiger charge is -2.36. The van der Waals surface area contributed by atoms with E-state index in [0.717, 1.165) is 38.5 Å². The average Bonchev–Trinajstić information content (AvgIpc) is 2.47. The summed E-state index contributed by atoms with van der Waals surface area (Å²) in [4.78, 5) is 16.4. The van der Waals surface area contributed by atoms with Gasteiger partial charge in [-0.15, -0.1) is 0 Å². The molecule has 5 heteroatoms. The average molecular weight is 305 g/mol. The van der Waals surface area contributed by atoms with E-state index in [1.165, 1.54) is 5.56 Å². The number of benzene rings is 1. The van der Waals surface area contributed by atoms with Crippen LogP contribution in [0.5, 0.6) is 5.75 Å². The van der Waals surface area contributed by atoms with Crippen LogP contribution in [0.15, 0.2) is 24.3 Å². The lowest BCUT2D eigenvalue weighted by Crippen LogP contribution is -2.54. The first kappa shape index (κ1) is 16.6. The van der Waals surface area contributed by atoms with Crippen molar-refractivity contribution in [2.24, 2.45) is 0 Å². The van der Waals surface area contributed by atoms with Gasteiger partial charge in [-0.3, -0.25) is 4.90 Å². The highest BCUT2D eigenvalue weighted by molar-refractivity contribution is 5.75. The molecule has 22 heavy (non-hydrogen) atoms. The molecule has 1 heterocycles. The van der Waals surface area contributed by atoms with E-state index in [4.69, 9.17) is 4.74 Å². The Kier molecular flexibility index (Phi) is 5.29. The fraction of sp³-hybridized carbons (Fsp3) is 0.588. The smallest absolute Gasteiger partial charge is 0.317 e. The zero-order valence-electron chi connectivity index (χ0n) is 14.1. The third kappa shape index (κ3) is 4.63. The van der Waals surface area contributed by atoms with Crippen molar-refractivity contribution in [2.45, 2.75) is 32.9 Å². The van der Waals surface area contributed by atoms with E-state index in [9.17, 15) is 4.79 Å². The molecular formula is C17H27N3O2. The predicted molar refractivity (Wildman–Crippen MR) is 88.1 cm³/mol. The third-order valence-corrected chi connectivity index (χ3v) is 3.73. The SMILES string of the molecule is COc1ccccc1CN1CCN(C(=O)NC(C)(C)C)CC1. The van der Waals surface area contributed by atoms with Crippen molar-refractivity contribution in [1.29, 1.82) is 0 Å². The molecule has 2 amide bonds. The molecule has 0 bridgehead atoms. The summed E-state index contributed by atoms with van der Waals surface area (Å²) in [6.07, 6.45) is 0. The Labute approximate surface area is 133 Å². The maximum atomic E-state index is 12.2. The van der Waals surface area contributed by atoms with Crippen LogP contribution in [0.3, 0.4) is 0 Å². The molecule has 1 fully saturated rings. The number of carbonyl (C=O) groups excluding carboxylic acids is 1. The number of amides is 2. The Hall–Kier alpha value is -1.75. The van der Waals surface area contributed by atoms with E-state index in [-0.39, 0.29) is 11.6 Å². The monoisotopic (exact) mass is 305 g/mol. The number of ether oxygens (including phenoxy) is 1. The molecule has 1 aromatic carbocycles. The maximum Gasteiger partial charge on any atom is 0.317 e. The lowest BCUT2D eigenvalue weighted by molar-refractivity contribution is 0.130. The second kappa shape index (κ2) is 7.01. The van der Waals surface area contributed by atoms with Crippen molar-refractivity contribution < 1.29 is 9.53 Å². The summed E-state index contributed by atoms with van der Waals surface area (Å²) in [5.41, 5.74) is 1.00. The highest BCUT2D eigenvalue weighted by atomic mass is 16.5. The number of piperazine rings is 1. The fourth-order valence-corrected chi connectivity index (χ4v) is 2.58.